The number of ketones is 1. The van der Waals surface area contributed by atoms with Crippen molar-refractivity contribution in [1.82, 2.24) is 0 Å². The molecule has 0 aromatic rings. The van der Waals surface area contributed by atoms with Crippen LogP contribution in [0.1, 0.15) is 33.1 Å². The quantitative estimate of drug-likeness (QED) is 0.479. The van der Waals surface area contributed by atoms with E-state index in [0.29, 0.717) is 11.7 Å². The first-order chi connectivity index (χ1) is 6.29. The lowest BCUT2D eigenvalue weighted by atomic mass is 9.79. The smallest absolute Gasteiger partial charge is 0.159 e. The Morgan fingerprint density at radius 3 is 2.77 bits per heavy atom. The van der Waals surface area contributed by atoms with Crippen LogP contribution >= 0.6 is 0 Å². The topological polar surface area (TPSA) is 17.1 Å². The van der Waals surface area contributed by atoms with Gasteiger partial charge in [0.05, 0.1) is 0 Å². The Morgan fingerprint density at radius 1 is 1.46 bits per heavy atom. The van der Waals surface area contributed by atoms with Crippen molar-refractivity contribution in [3.8, 4) is 0 Å². The molecule has 1 rings (SSSR count). The second-order valence-corrected chi connectivity index (χ2v) is 3.62. The van der Waals surface area contributed by atoms with Crippen molar-refractivity contribution >= 4 is 5.78 Å². The Labute approximate surface area is 80.5 Å². The largest absolute Gasteiger partial charge is 0.295 e. The predicted molar refractivity (Wildman–Crippen MR) is 55.5 cm³/mol. The molecule has 0 heterocycles. The lowest BCUT2D eigenvalue weighted by Gasteiger charge is -2.25. The van der Waals surface area contributed by atoms with Crippen molar-refractivity contribution in [1.29, 1.82) is 0 Å². The summed E-state index contributed by atoms with van der Waals surface area (Å²) in [6.45, 7) is 4.07. The standard InChI is InChI=1S/C12H18O/c1-3-7-12(13)11-9-6-5-8-10(11)4-2/h3,5-7,10-11H,4,8-9H2,1-2H3/t10-,11-/m0/s1. The van der Waals surface area contributed by atoms with Gasteiger partial charge in [0.1, 0.15) is 0 Å². The molecule has 0 aromatic carbocycles. The SMILES string of the molecule is CC=CC(=O)[C@H]1CC=CC[C@@H]1CC. The van der Waals surface area contributed by atoms with E-state index in [2.05, 4.69) is 19.1 Å². The van der Waals surface area contributed by atoms with Crippen molar-refractivity contribution in [3.05, 3.63) is 24.3 Å². The maximum Gasteiger partial charge on any atom is 0.159 e. The summed E-state index contributed by atoms with van der Waals surface area (Å²) in [5, 5.41) is 0. The van der Waals surface area contributed by atoms with Crippen LogP contribution in [0.15, 0.2) is 24.3 Å². The number of hydrogen-bond acceptors (Lipinski definition) is 1. The van der Waals surface area contributed by atoms with Crippen LogP contribution < -0.4 is 0 Å². The Morgan fingerprint density at radius 2 is 2.15 bits per heavy atom. The fraction of sp³-hybridized carbons (Fsp3) is 0.583. The van der Waals surface area contributed by atoms with Crippen molar-refractivity contribution in [3.63, 3.8) is 0 Å². The van der Waals surface area contributed by atoms with Gasteiger partial charge in [0.25, 0.3) is 0 Å². The van der Waals surface area contributed by atoms with E-state index in [9.17, 15) is 4.79 Å². The minimum atomic E-state index is 0.242. The molecule has 0 bridgehead atoms. The molecule has 2 atom stereocenters. The summed E-state index contributed by atoms with van der Waals surface area (Å²) >= 11 is 0. The van der Waals surface area contributed by atoms with Gasteiger partial charge < -0.3 is 0 Å². The first kappa shape index (κ1) is 10.2. The van der Waals surface area contributed by atoms with Crippen LogP contribution in [0.25, 0.3) is 0 Å². The lowest BCUT2D eigenvalue weighted by Crippen LogP contribution is -2.23. The van der Waals surface area contributed by atoms with Gasteiger partial charge in [0.2, 0.25) is 0 Å². The molecule has 1 heteroatoms. The third-order valence-corrected chi connectivity index (χ3v) is 2.79. The molecule has 1 aliphatic carbocycles. The molecule has 1 aliphatic rings. The summed E-state index contributed by atoms with van der Waals surface area (Å²) in [5.41, 5.74) is 0. The molecular formula is C12H18O. The molecule has 0 amide bonds. The molecule has 0 aliphatic heterocycles. The van der Waals surface area contributed by atoms with Crippen LogP contribution in [0.3, 0.4) is 0 Å². The lowest BCUT2D eigenvalue weighted by molar-refractivity contribution is -0.119. The molecule has 0 saturated carbocycles. The second kappa shape index (κ2) is 5.00. The minimum Gasteiger partial charge on any atom is -0.295 e. The molecule has 0 saturated heterocycles. The van der Waals surface area contributed by atoms with Gasteiger partial charge in [-0.05, 0) is 31.8 Å². The van der Waals surface area contributed by atoms with Gasteiger partial charge in [-0.15, -0.1) is 0 Å². The Kier molecular flexibility index (Phi) is 3.94. The highest BCUT2D eigenvalue weighted by Crippen LogP contribution is 2.28. The monoisotopic (exact) mass is 178 g/mol. The molecule has 0 unspecified atom stereocenters. The van der Waals surface area contributed by atoms with Crippen molar-refractivity contribution in [2.24, 2.45) is 11.8 Å². The fourth-order valence-corrected chi connectivity index (χ4v) is 1.96. The molecule has 1 nitrogen and oxygen atoms in total. The van der Waals surface area contributed by atoms with E-state index in [1.165, 1.54) is 0 Å². The summed E-state index contributed by atoms with van der Waals surface area (Å²) in [7, 11) is 0. The summed E-state index contributed by atoms with van der Waals surface area (Å²) in [6, 6.07) is 0. The van der Waals surface area contributed by atoms with Crippen molar-refractivity contribution in [2.45, 2.75) is 33.1 Å². The zero-order valence-electron chi connectivity index (χ0n) is 8.49. The zero-order chi connectivity index (χ0) is 9.68. The third kappa shape index (κ3) is 2.55. The van der Waals surface area contributed by atoms with E-state index >= 15 is 0 Å². The zero-order valence-corrected chi connectivity index (χ0v) is 8.49. The van der Waals surface area contributed by atoms with E-state index < -0.39 is 0 Å². The van der Waals surface area contributed by atoms with Gasteiger partial charge in [-0.25, -0.2) is 0 Å². The molecule has 0 N–H and O–H groups in total. The van der Waals surface area contributed by atoms with Gasteiger partial charge in [-0.2, -0.15) is 0 Å². The third-order valence-electron chi connectivity index (χ3n) is 2.79. The molecule has 0 fully saturated rings. The molecular weight excluding hydrogens is 160 g/mol. The molecule has 0 spiro atoms. The minimum absolute atomic E-state index is 0.242. The Hall–Kier alpha value is -0.850. The highest BCUT2D eigenvalue weighted by Gasteiger charge is 2.25. The van der Waals surface area contributed by atoms with E-state index in [1.807, 2.05) is 13.0 Å². The van der Waals surface area contributed by atoms with Crippen LogP contribution in [0, 0.1) is 11.8 Å². The summed E-state index contributed by atoms with van der Waals surface area (Å²) in [6.07, 6.45) is 11.0. The number of allylic oxidation sites excluding steroid dienone is 4. The van der Waals surface area contributed by atoms with Crippen LogP contribution in [-0.2, 0) is 4.79 Å². The average molecular weight is 178 g/mol. The number of carbonyl (C=O) groups is 1. The van der Waals surface area contributed by atoms with E-state index in [-0.39, 0.29) is 5.92 Å². The van der Waals surface area contributed by atoms with Crippen molar-refractivity contribution < 1.29 is 4.79 Å². The average Bonchev–Trinajstić information content (AvgIpc) is 2.18. The summed E-state index contributed by atoms with van der Waals surface area (Å²) in [5.74, 6) is 1.11. The Bertz CT molecular complexity index is 225. The van der Waals surface area contributed by atoms with Crippen LogP contribution in [-0.4, -0.2) is 5.78 Å². The van der Waals surface area contributed by atoms with Crippen LogP contribution in [0.2, 0.25) is 0 Å². The van der Waals surface area contributed by atoms with E-state index in [4.69, 9.17) is 0 Å². The van der Waals surface area contributed by atoms with Gasteiger partial charge in [-0.3, -0.25) is 4.79 Å². The van der Waals surface area contributed by atoms with Gasteiger partial charge in [-0.1, -0.05) is 31.6 Å². The maximum absolute atomic E-state index is 11.6. The van der Waals surface area contributed by atoms with E-state index in [1.54, 1.807) is 6.08 Å². The number of carbonyl (C=O) groups excluding carboxylic acids is 1. The van der Waals surface area contributed by atoms with Gasteiger partial charge in [0.15, 0.2) is 5.78 Å². The van der Waals surface area contributed by atoms with E-state index in [0.717, 1.165) is 19.3 Å². The van der Waals surface area contributed by atoms with Gasteiger partial charge in [0, 0.05) is 5.92 Å². The fourth-order valence-electron chi connectivity index (χ4n) is 1.96. The van der Waals surface area contributed by atoms with Crippen molar-refractivity contribution in [2.75, 3.05) is 0 Å². The first-order valence-corrected chi connectivity index (χ1v) is 5.11. The molecule has 72 valence electrons. The van der Waals surface area contributed by atoms with Gasteiger partial charge >= 0.3 is 0 Å². The Balaban J connectivity index is 2.65. The summed E-state index contributed by atoms with van der Waals surface area (Å²) in [4.78, 5) is 11.6. The summed E-state index contributed by atoms with van der Waals surface area (Å²) < 4.78 is 0. The second-order valence-electron chi connectivity index (χ2n) is 3.62. The van der Waals surface area contributed by atoms with Crippen LogP contribution in [0.4, 0.5) is 0 Å². The number of hydrogen-bond donors (Lipinski definition) is 0. The highest BCUT2D eigenvalue weighted by molar-refractivity contribution is 5.92. The van der Waals surface area contributed by atoms with Crippen LogP contribution in [0.5, 0.6) is 0 Å². The maximum atomic E-state index is 11.6. The molecule has 0 radical (unpaired) electrons. The first-order valence-electron chi connectivity index (χ1n) is 5.11. The predicted octanol–water partition coefficient (Wildman–Crippen LogP) is 3.12. The number of rotatable bonds is 3. The molecule has 0 aromatic heterocycles. The molecule has 13 heavy (non-hydrogen) atoms. The normalized spacial score (nSPS) is 28.2. The highest BCUT2D eigenvalue weighted by atomic mass is 16.1.